The number of ether oxygens (including phenoxy) is 1. The number of hydrogen-bond acceptors (Lipinski definition) is 5. The highest BCUT2D eigenvalue weighted by molar-refractivity contribution is 5.91. The zero-order chi connectivity index (χ0) is 17.8. The topological polar surface area (TPSA) is 64.1 Å². The molecule has 0 aliphatic carbocycles. The summed E-state index contributed by atoms with van der Waals surface area (Å²) in [5.41, 5.74) is 2.23. The number of rotatable bonds is 4. The molecule has 0 radical (unpaired) electrons. The van der Waals surface area contributed by atoms with Gasteiger partial charge in [0.2, 0.25) is 0 Å². The quantitative estimate of drug-likeness (QED) is 0.434. The van der Waals surface area contributed by atoms with Crippen molar-refractivity contribution in [3.8, 4) is 5.75 Å². The van der Waals surface area contributed by atoms with E-state index >= 15 is 0 Å². The fraction of sp³-hybridized carbons (Fsp3) is 0. The second kappa shape index (κ2) is 7.03. The lowest BCUT2D eigenvalue weighted by Gasteiger charge is -2.09. The Balaban J connectivity index is 1.50. The molecular weight excluding hydrogens is 326 g/mol. The molecule has 3 aromatic carbocycles. The lowest BCUT2D eigenvalue weighted by molar-refractivity contribution is 0.0735. The molecule has 0 unspecified atom stereocenters. The summed E-state index contributed by atoms with van der Waals surface area (Å²) in [6, 6.07) is 23.9. The number of para-hydroxylation sites is 1. The highest BCUT2D eigenvalue weighted by Crippen LogP contribution is 2.24. The smallest absolute Gasteiger partial charge is 0.343 e. The van der Waals surface area contributed by atoms with Gasteiger partial charge in [0.05, 0.1) is 11.1 Å². The highest BCUT2D eigenvalue weighted by Gasteiger charge is 2.08. The van der Waals surface area contributed by atoms with Gasteiger partial charge in [0.1, 0.15) is 17.9 Å². The molecule has 4 rings (SSSR count). The van der Waals surface area contributed by atoms with Crippen LogP contribution in [0.2, 0.25) is 0 Å². The van der Waals surface area contributed by atoms with E-state index in [2.05, 4.69) is 15.3 Å². The molecule has 0 aliphatic rings. The van der Waals surface area contributed by atoms with Gasteiger partial charge in [-0.1, -0.05) is 30.3 Å². The molecule has 4 aromatic rings. The van der Waals surface area contributed by atoms with Gasteiger partial charge in [-0.15, -0.1) is 0 Å². The van der Waals surface area contributed by atoms with E-state index in [9.17, 15) is 4.79 Å². The number of fused-ring (bicyclic) bond motifs is 1. The van der Waals surface area contributed by atoms with Crippen molar-refractivity contribution in [1.82, 2.24) is 9.97 Å². The molecule has 1 heterocycles. The van der Waals surface area contributed by atoms with Crippen molar-refractivity contribution < 1.29 is 9.53 Å². The molecule has 0 saturated carbocycles. The molecular formula is C21H15N3O2. The van der Waals surface area contributed by atoms with Gasteiger partial charge in [0.25, 0.3) is 0 Å². The summed E-state index contributed by atoms with van der Waals surface area (Å²) in [6.07, 6.45) is 1.53. The maximum absolute atomic E-state index is 12.1. The first kappa shape index (κ1) is 15.8. The van der Waals surface area contributed by atoms with Crippen molar-refractivity contribution in [2.24, 2.45) is 0 Å². The molecule has 5 heteroatoms. The Labute approximate surface area is 150 Å². The van der Waals surface area contributed by atoms with Gasteiger partial charge in [-0.05, 0) is 48.5 Å². The third kappa shape index (κ3) is 3.37. The minimum absolute atomic E-state index is 0.381. The number of aromatic nitrogens is 2. The fourth-order valence-corrected chi connectivity index (χ4v) is 2.59. The van der Waals surface area contributed by atoms with E-state index in [0.29, 0.717) is 11.3 Å². The molecule has 0 fully saturated rings. The van der Waals surface area contributed by atoms with Crippen molar-refractivity contribution in [3.63, 3.8) is 0 Å². The SMILES string of the molecule is O=C(Oc1ccc(Nc2ncnc3ccccc23)cc1)c1ccccc1. The van der Waals surface area contributed by atoms with Gasteiger partial charge in [-0.2, -0.15) is 0 Å². The van der Waals surface area contributed by atoms with Crippen LogP contribution in [0, 0.1) is 0 Å². The number of carbonyl (C=O) groups excluding carboxylic acids is 1. The van der Waals surface area contributed by atoms with Gasteiger partial charge >= 0.3 is 5.97 Å². The maximum atomic E-state index is 12.1. The van der Waals surface area contributed by atoms with Gasteiger partial charge in [0, 0.05) is 11.1 Å². The van der Waals surface area contributed by atoms with Crippen LogP contribution in [0.1, 0.15) is 10.4 Å². The van der Waals surface area contributed by atoms with E-state index < -0.39 is 0 Å². The first-order chi connectivity index (χ1) is 12.8. The van der Waals surface area contributed by atoms with Crippen molar-refractivity contribution in [2.45, 2.75) is 0 Å². The Hall–Kier alpha value is -3.73. The van der Waals surface area contributed by atoms with Gasteiger partial charge in [-0.3, -0.25) is 0 Å². The molecule has 0 atom stereocenters. The first-order valence-corrected chi connectivity index (χ1v) is 8.14. The van der Waals surface area contributed by atoms with Crippen LogP contribution in [-0.4, -0.2) is 15.9 Å². The third-order valence-electron chi connectivity index (χ3n) is 3.88. The van der Waals surface area contributed by atoms with Gasteiger partial charge < -0.3 is 10.1 Å². The lowest BCUT2D eigenvalue weighted by atomic mass is 10.2. The van der Waals surface area contributed by atoms with Gasteiger partial charge in [0.15, 0.2) is 0 Å². The Kier molecular flexibility index (Phi) is 4.26. The molecule has 1 N–H and O–H groups in total. The first-order valence-electron chi connectivity index (χ1n) is 8.14. The van der Waals surface area contributed by atoms with Gasteiger partial charge in [-0.25, -0.2) is 14.8 Å². The predicted octanol–water partition coefficient (Wildman–Crippen LogP) is 4.59. The summed E-state index contributed by atoms with van der Waals surface area (Å²) in [4.78, 5) is 20.6. The van der Waals surface area contributed by atoms with E-state index in [-0.39, 0.29) is 5.97 Å². The van der Waals surface area contributed by atoms with Crippen molar-refractivity contribution >= 4 is 28.4 Å². The van der Waals surface area contributed by atoms with Crippen LogP contribution >= 0.6 is 0 Å². The lowest BCUT2D eigenvalue weighted by Crippen LogP contribution is -2.08. The van der Waals surface area contributed by atoms with E-state index in [1.165, 1.54) is 6.33 Å². The monoisotopic (exact) mass is 341 g/mol. The van der Waals surface area contributed by atoms with Crippen LogP contribution in [0.3, 0.4) is 0 Å². The zero-order valence-corrected chi connectivity index (χ0v) is 13.8. The summed E-state index contributed by atoms with van der Waals surface area (Å²) >= 11 is 0. The molecule has 0 amide bonds. The summed E-state index contributed by atoms with van der Waals surface area (Å²) in [6.45, 7) is 0. The number of nitrogens with one attached hydrogen (secondary N) is 1. The summed E-state index contributed by atoms with van der Waals surface area (Å²) in [5.74, 6) is 0.828. The second-order valence-corrected chi connectivity index (χ2v) is 5.64. The Bertz CT molecular complexity index is 1040. The minimum atomic E-state index is -0.381. The predicted molar refractivity (Wildman–Crippen MR) is 101 cm³/mol. The van der Waals surface area contributed by atoms with E-state index in [0.717, 1.165) is 22.4 Å². The number of hydrogen-bond donors (Lipinski definition) is 1. The molecule has 126 valence electrons. The highest BCUT2D eigenvalue weighted by atomic mass is 16.5. The number of nitrogens with zero attached hydrogens (tertiary/aromatic N) is 2. The van der Waals surface area contributed by atoms with E-state index in [1.807, 2.05) is 42.5 Å². The van der Waals surface area contributed by atoms with Crippen LogP contribution in [0.4, 0.5) is 11.5 Å². The van der Waals surface area contributed by atoms with Crippen LogP contribution < -0.4 is 10.1 Å². The molecule has 5 nitrogen and oxygen atoms in total. The average Bonchev–Trinajstić information content (AvgIpc) is 2.70. The average molecular weight is 341 g/mol. The van der Waals surface area contributed by atoms with Crippen LogP contribution in [-0.2, 0) is 0 Å². The van der Waals surface area contributed by atoms with Crippen molar-refractivity contribution in [1.29, 1.82) is 0 Å². The maximum Gasteiger partial charge on any atom is 0.343 e. The van der Waals surface area contributed by atoms with Crippen LogP contribution in [0.5, 0.6) is 5.75 Å². The van der Waals surface area contributed by atoms with E-state index in [4.69, 9.17) is 4.74 Å². The molecule has 26 heavy (non-hydrogen) atoms. The Morgan fingerprint density at radius 3 is 2.35 bits per heavy atom. The number of carbonyl (C=O) groups is 1. The molecule has 0 spiro atoms. The molecule has 1 aromatic heterocycles. The third-order valence-corrected chi connectivity index (χ3v) is 3.88. The number of anilines is 2. The normalized spacial score (nSPS) is 10.5. The summed E-state index contributed by atoms with van der Waals surface area (Å²) < 4.78 is 5.38. The minimum Gasteiger partial charge on any atom is -0.423 e. The Morgan fingerprint density at radius 2 is 1.54 bits per heavy atom. The second-order valence-electron chi connectivity index (χ2n) is 5.64. The zero-order valence-electron chi connectivity index (χ0n) is 13.8. The fourth-order valence-electron chi connectivity index (χ4n) is 2.59. The Morgan fingerprint density at radius 1 is 0.808 bits per heavy atom. The molecule has 0 aliphatic heterocycles. The van der Waals surface area contributed by atoms with Crippen LogP contribution in [0.15, 0.2) is 85.2 Å². The summed E-state index contributed by atoms with van der Waals surface area (Å²) in [5, 5.41) is 4.21. The number of esters is 1. The number of benzene rings is 3. The van der Waals surface area contributed by atoms with Crippen molar-refractivity contribution in [2.75, 3.05) is 5.32 Å². The summed E-state index contributed by atoms with van der Waals surface area (Å²) in [7, 11) is 0. The van der Waals surface area contributed by atoms with Crippen LogP contribution in [0.25, 0.3) is 10.9 Å². The largest absolute Gasteiger partial charge is 0.423 e. The molecule has 0 saturated heterocycles. The standard InChI is InChI=1S/C21H15N3O2/c25-21(15-6-2-1-3-7-15)26-17-12-10-16(11-13-17)24-20-18-8-4-5-9-19(18)22-14-23-20/h1-14H,(H,22,23,24). The van der Waals surface area contributed by atoms with Crippen molar-refractivity contribution in [3.05, 3.63) is 90.8 Å². The van der Waals surface area contributed by atoms with E-state index in [1.54, 1.807) is 36.4 Å². The molecule has 0 bridgehead atoms.